The first kappa shape index (κ1) is 15.6. The molecular formula is C20H21N5. The third kappa shape index (κ3) is 3.06. The van der Waals surface area contributed by atoms with Crippen molar-refractivity contribution in [2.75, 3.05) is 11.9 Å². The van der Waals surface area contributed by atoms with Gasteiger partial charge in [0.2, 0.25) is 0 Å². The molecule has 0 saturated heterocycles. The highest BCUT2D eigenvalue weighted by Gasteiger charge is 2.14. The van der Waals surface area contributed by atoms with E-state index in [1.165, 1.54) is 10.8 Å². The summed E-state index contributed by atoms with van der Waals surface area (Å²) in [6.45, 7) is 4.63. The fourth-order valence-electron chi connectivity index (χ4n) is 2.90. The summed E-state index contributed by atoms with van der Waals surface area (Å²) in [4.78, 5) is 4.53. The molecule has 0 aliphatic heterocycles. The van der Waals surface area contributed by atoms with Gasteiger partial charge in [-0.25, -0.2) is 4.98 Å². The minimum Gasteiger partial charge on any atom is -0.368 e. The predicted molar refractivity (Wildman–Crippen MR) is 103 cm³/mol. The molecule has 0 bridgehead atoms. The van der Waals surface area contributed by atoms with Crippen LogP contribution in [0.1, 0.15) is 13.8 Å². The van der Waals surface area contributed by atoms with E-state index in [-0.39, 0.29) is 5.54 Å². The van der Waals surface area contributed by atoms with Crippen molar-refractivity contribution in [3.05, 3.63) is 60.9 Å². The van der Waals surface area contributed by atoms with Crippen LogP contribution < -0.4 is 11.1 Å². The summed E-state index contributed by atoms with van der Waals surface area (Å²) in [5.41, 5.74) is 8.72. The number of anilines is 1. The number of aromatic nitrogens is 3. The second-order valence-electron chi connectivity index (χ2n) is 7.03. The van der Waals surface area contributed by atoms with E-state index in [4.69, 9.17) is 5.73 Å². The van der Waals surface area contributed by atoms with Crippen molar-refractivity contribution in [3.8, 4) is 11.1 Å². The molecule has 25 heavy (non-hydrogen) atoms. The molecule has 0 spiro atoms. The Labute approximate surface area is 146 Å². The number of nitrogens with one attached hydrogen (secondary N) is 1. The molecule has 5 heteroatoms. The number of hydrogen-bond acceptors (Lipinski definition) is 4. The van der Waals surface area contributed by atoms with E-state index in [1.807, 2.05) is 30.6 Å². The molecule has 4 rings (SSSR count). The molecular weight excluding hydrogens is 310 g/mol. The van der Waals surface area contributed by atoms with Crippen LogP contribution in [0.3, 0.4) is 0 Å². The Kier molecular flexibility index (Phi) is 3.66. The topological polar surface area (TPSA) is 68.2 Å². The van der Waals surface area contributed by atoms with Gasteiger partial charge in [0.25, 0.3) is 0 Å². The van der Waals surface area contributed by atoms with Crippen molar-refractivity contribution in [1.29, 1.82) is 0 Å². The van der Waals surface area contributed by atoms with Crippen LogP contribution >= 0.6 is 0 Å². The SMILES string of the molecule is CC(C)(N)CNc1ccnc2c(-c3ccc4ccccc4c3)cnn12. The van der Waals surface area contributed by atoms with Crippen molar-refractivity contribution < 1.29 is 0 Å². The lowest BCUT2D eigenvalue weighted by atomic mass is 10.0. The zero-order chi connectivity index (χ0) is 17.4. The van der Waals surface area contributed by atoms with E-state index >= 15 is 0 Å². The van der Waals surface area contributed by atoms with Crippen LogP contribution in [0.5, 0.6) is 0 Å². The second-order valence-corrected chi connectivity index (χ2v) is 7.03. The van der Waals surface area contributed by atoms with Crippen LogP contribution in [0.2, 0.25) is 0 Å². The van der Waals surface area contributed by atoms with Gasteiger partial charge in [0.15, 0.2) is 5.65 Å². The van der Waals surface area contributed by atoms with Gasteiger partial charge in [-0.05, 0) is 42.3 Å². The first-order chi connectivity index (χ1) is 12.0. The maximum Gasteiger partial charge on any atom is 0.165 e. The largest absolute Gasteiger partial charge is 0.368 e. The van der Waals surface area contributed by atoms with Crippen LogP contribution in [-0.4, -0.2) is 26.7 Å². The van der Waals surface area contributed by atoms with E-state index in [0.717, 1.165) is 22.6 Å². The average Bonchev–Trinajstić information content (AvgIpc) is 3.03. The van der Waals surface area contributed by atoms with Crippen molar-refractivity contribution in [3.63, 3.8) is 0 Å². The summed E-state index contributed by atoms with van der Waals surface area (Å²) >= 11 is 0. The Balaban J connectivity index is 1.77. The van der Waals surface area contributed by atoms with Crippen molar-refractivity contribution in [2.24, 2.45) is 5.73 Å². The van der Waals surface area contributed by atoms with Gasteiger partial charge in [-0.2, -0.15) is 9.61 Å². The van der Waals surface area contributed by atoms with E-state index in [9.17, 15) is 0 Å². The Morgan fingerprint density at radius 3 is 2.68 bits per heavy atom. The van der Waals surface area contributed by atoms with Gasteiger partial charge in [0.1, 0.15) is 5.82 Å². The maximum atomic E-state index is 6.07. The summed E-state index contributed by atoms with van der Waals surface area (Å²) in [5, 5.41) is 10.3. The van der Waals surface area contributed by atoms with Crippen molar-refractivity contribution in [2.45, 2.75) is 19.4 Å². The molecule has 3 N–H and O–H groups in total. The van der Waals surface area contributed by atoms with Crippen LogP contribution in [0, 0.1) is 0 Å². The lowest BCUT2D eigenvalue weighted by molar-refractivity contribution is 0.547. The maximum absolute atomic E-state index is 6.07. The lowest BCUT2D eigenvalue weighted by Crippen LogP contribution is -2.40. The molecule has 4 aromatic rings. The summed E-state index contributed by atoms with van der Waals surface area (Å²) in [5.74, 6) is 0.885. The van der Waals surface area contributed by atoms with Gasteiger partial charge in [-0.1, -0.05) is 36.4 Å². The first-order valence-corrected chi connectivity index (χ1v) is 8.36. The third-order valence-corrected chi connectivity index (χ3v) is 4.19. The number of nitrogens with two attached hydrogens (primary N) is 1. The van der Waals surface area contributed by atoms with Gasteiger partial charge in [0.05, 0.1) is 6.20 Å². The zero-order valence-electron chi connectivity index (χ0n) is 14.4. The highest BCUT2D eigenvalue weighted by atomic mass is 15.3. The molecule has 0 aliphatic rings. The van der Waals surface area contributed by atoms with E-state index in [1.54, 1.807) is 6.20 Å². The Bertz CT molecular complexity index is 1040. The van der Waals surface area contributed by atoms with E-state index in [2.05, 4.69) is 57.9 Å². The molecule has 5 nitrogen and oxygen atoms in total. The third-order valence-electron chi connectivity index (χ3n) is 4.19. The molecule has 0 atom stereocenters. The lowest BCUT2D eigenvalue weighted by Gasteiger charge is -2.19. The monoisotopic (exact) mass is 331 g/mol. The molecule has 0 saturated carbocycles. The number of hydrogen-bond donors (Lipinski definition) is 2. The van der Waals surface area contributed by atoms with Crippen molar-refractivity contribution >= 4 is 22.2 Å². The molecule has 2 aromatic heterocycles. The van der Waals surface area contributed by atoms with E-state index < -0.39 is 0 Å². The summed E-state index contributed by atoms with van der Waals surface area (Å²) in [6.07, 6.45) is 3.67. The van der Waals surface area contributed by atoms with Gasteiger partial charge < -0.3 is 11.1 Å². The zero-order valence-corrected chi connectivity index (χ0v) is 14.4. The fourth-order valence-corrected chi connectivity index (χ4v) is 2.90. The molecule has 0 aliphatic carbocycles. The second kappa shape index (κ2) is 5.86. The van der Waals surface area contributed by atoms with Gasteiger partial charge >= 0.3 is 0 Å². The highest BCUT2D eigenvalue weighted by molar-refractivity contribution is 5.89. The highest BCUT2D eigenvalue weighted by Crippen LogP contribution is 2.28. The fraction of sp³-hybridized carbons (Fsp3) is 0.200. The average molecular weight is 331 g/mol. The summed E-state index contributed by atoms with van der Waals surface area (Å²) < 4.78 is 1.83. The standard InChI is InChI=1S/C20H21N5/c1-20(2,21)13-23-18-9-10-22-19-17(12-24-25(18)19)16-8-7-14-5-3-4-6-15(14)11-16/h3-12,23H,13,21H2,1-2H3. The predicted octanol–water partition coefficient (Wildman–Crippen LogP) is 3.70. The molecule has 2 aromatic carbocycles. The van der Waals surface area contributed by atoms with Crippen LogP contribution in [0.4, 0.5) is 5.82 Å². The smallest absolute Gasteiger partial charge is 0.165 e. The number of rotatable bonds is 4. The molecule has 126 valence electrons. The Morgan fingerprint density at radius 1 is 1.08 bits per heavy atom. The molecule has 0 radical (unpaired) electrons. The minimum atomic E-state index is -0.302. The quantitative estimate of drug-likeness (QED) is 0.598. The number of nitrogens with zero attached hydrogens (tertiary/aromatic N) is 3. The minimum absolute atomic E-state index is 0.302. The summed E-state index contributed by atoms with van der Waals surface area (Å²) in [7, 11) is 0. The van der Waals surface area contributed by atoms with Crippen LogP contribution in [0.25, 0.3) is 27.5 Å². The molecule has 0 fully saturated rings. The molecule has 2 heterocycles. The Morgan fingerprint density at radius 2 is 1.88 bits per heavy atom. The van der Waals surface area contributed by atoms with E-state index in [0.29, 0.717) is 6.54 Å². The van der Waals surface area contributed by atoms with Gasteiger partial charge in [0, 0.05) is 23.8 Å². The summed E-state index contributed by atoms with van der Waals surface area (Å²) in [6, 6.07) is 16.7. The number of fused-ring (bicyclic) bond motifs is 2. The number of benzene rings is 2. The normalized spacial score (nSPS) is 12.0. The van der Waals surface area contributed by atoms with Gasteiger partial charge in [-0.15, -0.1) is 0 Å². The Hall–Kier alpha value is -2.92. The van der Waals surface area contributed by atoms with Crippen molar-refractivity contribution in [1.82, 2.24) is 14.6 Å². The van der Waals surface area contributed by atoms with Crippen LogP contribution in [0.15, 0.2) is 60.9 Å². The van der Waals surface area contributed by atoms with Gasteiger partial charge in [-0.3, -0.25) is 0 Å². The molecule has 0 unspecified atom stereocenters. The van der Waals surface area contributed by atoms with Crippen LogP contribution in [-0.2, 0) is 0 Å². The molecule has 0 amide bonds. The first-order valence-electron chi connectivity index (χ1n) is 8.36.